The van der Waals surface area contributed by atoms with Crippen LogP contribution in [0.4, 0.5) is 15.9 Å². The lowest BCUT2D eigenvalue weighted by atomic mass is 10.1. The van der Waals surface area contributed by atoms with Crippen molar-refractivity contribution in [1.82, 2.24) is 9.97 Å². The van der Waals surface area contributed by atoms with Crippen LogP contribution in [0.25, 0.3) is 0 Å². The van der Waals surface area contributed by atoms with E-state index in [4.69, 9.17) is 11.6 Å². The molecular formula is C16H18ClFN4O. The molecule has 1 aromatic heterocycles. The van der Waals surface area contributed by atoms with Crippen LogP contribution >= 0.6 is 11.6 Å². The minimum atomic E-state index is -0.542. The lowest BCUT2D eigenvalue weighted by Gasteiger charge is -2.21. The SMILES string of the molecule is Cc1nc(NC(C)(C)C)cc(C(=O)Nc2ccc(F)c(Cl)c2)n1. The number of carbonyl (C=O) groups excluding carboxylic acids is 1. The molecule has 0 unspecified atom stereocenters. The number of hydrogen-bond donors (Lipinski definition) is 2. The number of benzene rings is 1. The molecule has 0 aliphatic rings. The predicted octanol–water partition coefficient (Wildman–Crippen LogP) is 4.04. The maximum absolute atomic E-state index is 13.1. The third-order valence-corrected chi connectivity index (χ3v) is 3.04. The quantitative estimate of drug-likeness (QED) is 0.887. The first-order valence-corrected chi connectivity index (χ1v) is 7.42. The Morgan fingerprint density at radius 3 is 2.52 bits per heavy atom. The molecule has 0 aliphatic carbocycles. The van der Waals surface area contributed by atoms with Crippen molar-refractivity contribution in [2.24, 2.45) is 0 Å². The van der Waals surface area contributed by atoms with Crippen molar-refractivity contribution < 1.29 is 9.18 Å². The second-order valence-electron chi connectivity index (χ2n) is 6.14. The van der Waals surface area contributed by atoms with Gasteiger partial charge >= 0.3 is 0 Å². The molecule has 2 rings (SSSR count). The molecule has 1 aromatic carbocycles. The average Bonchev–Trinajstić information content (AvgIpc) is 2.40. The van der Waals surface area contributed by atoms with Crippen molar-refractivity contribution in [3.05, 3.63) is 46.6 Å². The van der Waals surface area contributed by atoms with Crippen LogP contribution in [0.2, 0.25) is 5.02 Å². The summed E-state index contributed by atoms with van der Waals surface area (Å²) in [5, 5.41) is 5.77. The average molecular weight is 337 g/mol. The summed E-state index contributed by atoms with van der Waals surface area (Å²) < 4.78 is 13.1. The highest BCUT2D eigenvalue weighted by molar-refractivity contribution is 6.31. The van der Waals surface area contributed by atoms with Gasteiger partial charge < -0.3 is 10.6 Å². The number of aromatic nitrogens is 2. The Kier molecular flexibility index (Phi) is 4.85. The Bertz CT molecular complexity index is 743. The molecule has 2 aromatic rings. The molecular weight excluding hydrogens is 319 g/mol. The van der Waals surface area contributed by atoms with E-state index in [1.54, 1.807) is 13.0 Å². The van der Waals surface area contributed by atoms with Gasteiger partial charge in [-0.2, -0.15) is 0 Å². The van der Waals surface area contributed by atoms with Gasteiger partial charge in [0.1, 0.15) is 23.2 Å². The molecule has 23 heavy (non-hydrogen) atoms. The van der Waals surface area contributed by atoms with Crippen LogP contribution in [0, 0.1) is 12.7 Å². The molecule has 0 spiro atoms. The number of rotatable bonds is 3. The van der Waals surface area contributed by atoms with E-state index in [1.807, 2.05) is 20.8 Å². The number of carbonyl (C=O) groups is 1. The third-order valence-electron chi connectivity index (χ3n) is 2.75. The molecule has 0 atom stereocenters. The maximum Gasteiger partial charge on any atom is 0.274 e. The molecule has 0 saturated carbocycles. The van der Waals surface area contributed by atoms with E-state index in [1.165, 1.54) is 18.2 Å². The first kappa shape index (κ1) is 17.1. The Hall–Kier alpha value is -2.21. The molecule has 7 heteroatoms. The van der Waals surface area contributed by atoms with Gasteiger partial charge in [-0.15, -0.1) is 0 Å². The molecule has 1 amide bonds. The van der Waals surface area contributed by atoms with Crippen LogP contribution in [0.1, 0.15) is 37.1 Å². The Morgan fingerprint density at radius 2 is 1.91 bits per heavy atom. The van der Waals surface area contributed by atoms with Gasteiger partial charge in [0.15, 0.2) is 0 Å². The number of nitrogens with one attached hydrogen (secondary N) is 2. The lowest BCUT2D eigenvalue weighted by Crippen LogP contribution is -2.27. The second-order valence-corrected chi connectivity index (χ2v) is 6.55. The molecule has 0 radical (unpaired) electrons. The summed E-state index contributed by atoms with van der Waals surface area (Å²) >= 11 is 5.70. The summed E-state index contributed by atoms with van der Waals surface area (Å²) in [6.07, 6.45) is 0. The molecule has 0 saturated heterocycles. The van der Waals surface area contributed by atoms with Crippen LogP contribution in [-0.4, -0.2) is 21.4 Å². The van der Waals surface area contributed by atoms with E-state index >= 15 is 0 Å². The van der Waals surface area contributed by atoms with Crippen LogP contribution in [-0.2, 0) is 0 Å². The van der Waals surface area contributed by atoms with Crippen LogP contribution < -0.4 is 10.6 Å². The smallest absolute Gasteiger partial charge is 0.274 e. The van der Waals surface area contributed by atoms with E-state index in [0.717, 1.165) is 0 Å². The first-order valence-electron chi connectivity index (χ1n) is 7.04. The van der Waals surface area contributed by atoms with Gasteiger partial charge in [0.2, 0.25) is 0 Å². The number of anilines is 2. The van der Waals surface area contributed by atoms with E-state index < -0.39 is 11.7 Å². The monoisotopic (exact) mass is 336 g/mol. The second kappa shape index (κ2) is 6.50. The van der Waals surface area contributed by atoms with Gasteiger partial charge in [-0.25, -0.2) is 14.4 Å². The zero-order chi connectivity index (χ0) is 17.2. The standard InChI is InChI=1S/C16H18ClFN4O/c1-9-19-13(8-14(20-9)22-16(2,3)4)15(23)21-10-5-6-12(18)11(17)7-10/h5-8H,1-4H3,(H,21,23)(H,19,20,22). The fraction of sp³-hybridized carbons (Fsp3) is 0.312. The molecule has 122 valence electrons. The van der Waals surface area contributed by atoms with Crippen LogP contribution in [0.15, 0.2) is 24.3 Å². The van der Waals surface area contributed by atoms with Gasteiger partial charge in [-0.05, 0) is 45.9 Å². The topological polar surface area (TPSA) is 66.9 Å². The predicted molar refractivity (Wildman–Crippen MR) is 89.5 cm³/mol. The Morgan fingerprint density at radius 1 is 1.22 bits per heavy atom. The fourth-order valence-corrected chi connectivity index (χ4v) is 2.08. The van der Waals surface area contributed by atoms with Crippen molar-refractivity contribution >= 4 is 29.0 Å². The maximum atomic E-state index is 13.1. The first-order chi connectivity index (χ1) is 10.6. The van der Waals surface area contributed by atoms with Gasteiger partial charge in [-0.3, -0.25) is 4.79 Å². The molecule has 5 nitrogen and oxygen atoms in total. The van der Waals surface area contributed by atoms with Gasteiger partial charge in [-0.1, -0.05) is 11.6 Å². The number of halogens is 2. The van der Waals surface area contributed by atoms with Crippen LogP contribution in [0.5, 0.6) is 0 Å². The minimum Gasteiger partial charge on any atom is -0.365 e. The van der Waals surface area contributed by atoms with Crippen molar-refractivity contribution in [3.63, 3.8) is 0 Å². The summed E-state index contributed by atoms with van der Waals surface area (Å²) in [5.74, 6) is 0.0724. The molecule has 1 heterocycles. The zero-order valence-corrected chi connectivity index (χ0v) is 14.1. The summed E-state index contributed by atoms with van der Waals surface area (Å²) in [6.45, 7) is 7.68. The lowest BCUT2D eigenvalue weighted by molar-refractivity contribution is 0.102. The van der Waals surface area contributed by atoms with Gasteiger partial charge in [0.05, 0.1) is 5.02 Å². The zero-order valence-electron chi connectivity index (χ0n) is 13.4. The molecule has 0 aliphatic heterocycles. The fourth-order valence-electron chi connectivity index (χ4n) is 1.90. The largest absolute Gasteiger partial charge is 0.365 e. The Balaban J connectivity index is 2.23. The molecule has 0 bridgehead atoms. The normalized spacial score (nSPS) is 11.2. The highest BCUT2D eigenvalue weighted by atomic mass is 35.5. The van der Waals surface area contributed by atoms with E-state index in [9.17, 15) is 9.18 Å². The van der Waals surface area contributed by atoms with Crippen molar-refractivity contribution in [2.75, 3.05) is 10.6 Å². The van der Waals surface area contributed by atoms with Crippen molar-refractivity contribution in [3.8, 4) is 0 Å². The summed E-state index contributed by atoms with van der Waals surface area (Å²) in [6, 6.07) is 5.53. The number of amides is 1. The Labute approximate surface area is 139 Å². The van der Waals surface area contributed by atoms with E-state index in [-0.39, 0.29) is 16.3 Å². The minimum absolute atomic E-state index is 0.0586. The number of aryl methyl sites for hydroxylation is 1. The summed E-state index contributed by atoms with van der Waals surface area (Å²) in [7, 11) is 0. The van der Waals surface area contributed by atoms with Crippen LogP contribution in [0.3, 0.4) is 0 Å². The van der Waals surface area contributed by atoms with Gasteiger partial charge in [0.25, 0.3) is 5.91 Å². The highest BCUT2D eigenvalue weighted by Gasteiger charge is 2.15. The number of hydrogen-bond acceptors (Lipinski definition) is 4. The molecule has 2 N–H and O–H groups in total. The molecule has 0 fully saturated rings. The van der Waals surface area contributed by atoms with Crippen molar-refractivity contribution in [2.45, 2.75) is 33.2 Å². The third kappa shape index (κ3) is 4.89. The number of nitrogens with zero attached hydrogens (tertiary/aromatic N) is 2. The van der Waals surface area contributed by atoms with E-state index in [2.05, 4.69) is 20.6 Å². The van der Waals surface area contributed by atoms with E-state index in [0.29, 0.717) is 17.3 Å². The highest BCUT2D eigenvalue weighted by Crippen LogP contribution is 2.20. The summed E-state index contributed by atoms with van der Waals surface area (Å²) in [5.41, 5.74) is 0.409. The summed E-state index contributed by atoms with van der Waals surface area (Å²) in [4.78, 5) is 20.7. The van der Waals surface area contributed by atoms with Crippen molar-refractivity contribution in [1.29, 1.82) is 0 Å². The van der Waals surface area contributed by atoms with Gasteiger partial charge in [0, 0.05) is 17.3 Å².